The van der Waals surface area contributed by atoms with Crippen molar-refractivity contribution in [2.75, 3.05) is 6.61 Å². The molecule has 166 valence electrons. The number of carbonyl (C=O) groups is 2. The normalized spacial score (nSPS) is 13.5. The van der Waals surface area contributed by atoms with Gasteiger partial charge in [-0.25, -0.2) is 14.6 Å². The molecule has 7 heteroatoms. The third-order valence-corrected chi connectivity index (χ3v) is 5.98. The fourth-order valence-corrected chi connectivity index (χ4v) is 4.49. The Balaban J connectivity index is 1.60. The Morgan fingerprint density at radius 3 is 2.22 bits per heavy atom. The molecule has 1 heterocycles. The molecule has 2 aromatic carbocycles. The molecule has 0 fully saturated rings. The molecule has 0 spiro atoms. The number of benzene rings is 2. The molecule has 0 bridgehead atoms. The SMILES string of the molecule is CCn1cncc1C(C(=O)O)N(C(=O)OCC1c2ccccc2-c2ccccc21)C(C)C. The number of aliphatic carboxylic acids is 1. The number of fused-ring (bicyclic) bond motifs is 3. The predicted molar refractivity (Wildman–Crippen MR) is 120 cm³/mol. The topological polar surface area (TPSA) is 84.7 Å². The number of hydrogen-bond acceptors (Lipinski definition) is 4. The average Bonchev–Trinajstić information content (AvgIpc) is 3.37. The van der Waals surface area contributed by atoms with E-state index < -0.39 is 18.1 Å². The van der Waals surface area contributed by atoms with Crippen LogP contribution in [-0.4, -0.2) is 44.3 Å². The summed E-state index contributed by atoms with van der Waals surface area (Å²) in [6.45, 7) is 6.15. The van der Waals surface area contributed by atoms with Crippen LogP contribution in [0.25, 0.3) is 11.1 Å². The molecule has 3 aromatic rings. The van der Waals surface area contributed by atoms with Crippen LogP contribution in [0.2, 0.25) is 0 Å². The highest BCUT2D eigenvalue weighted by Gasteiger charge is 2.37. The lowest BCUT2D eigenvalue weighted by atomic mass is 9.98. The van der Waals surface area contributed by atoms with Gasteiger partial charge in [0.25, 0.3) is 0 Å². The summed E-state index contributed by atoms with van der Waals surface area (Å²) < 4.78 is 7.49. The summed E-state index contributed by atoms with van der Waals surface area (Å²) in [6.07, 6.45) is 2.41. The summed E-state index contributed by atoms with van der Waals surface area (Å²) in [6, 6.07) is 14.6. The number of ether oxygens (including phenoxy) is 1. The summed E-state index contributed by atoms with van der Waals surface area (Å²) in [7, 11) is 0. The van der Waals surface area contributed by atoms with Crippen LogP contribution in [0.5, 0.6) is 0 Å². The van der Waals surface area contributed by atoms with Crippen molar-refractivity contribution >= 4 is 12.1 Å². The first-order chi connectivity index (χ1) is 15.4. The van der Waals surface area contributed by atoms with Crippen molar-refractivity contribution in [3.8, 4) is 11.1 Å². The van der Waals surface area contributed by atoms with E-state index in [1.165, 1.54) is 11.1 Å². The number of carboxylic acid groups (broad SMARTS) is 1. The lowest BCUT2D eigenvalue weighted by molar-refractivity contribution is -0.144. The molecule has 1 atom stereocenters. The van der Waals surface area contributed by atoms with Crippen LogP contribution < -0.4 is 0 Å². The first-order valence-corrected chi connectivity index (χ1v) is 10.8. The van der Waals surface area contributed by atoms with Gasteiger partial charge in [0.15, 0.2) is 6.04 Å². The molecule has 32 heavy (non-hydrogen) atoms. The molecule has 1 N–H and O–H groups in total. The maximum Gasteiger partial charge on any atom is 0.411 e. The highest BCUT2D eigenvalue weighted by atomic mass is 16.6. The minimum absolute atomic E-state index is 0.0928. The molecule has 1 aliphatic rings. The van der Waals surface area contributed by atoms with E-state index in [0.717, 1.165) is 22.3 Å². The third-order valence-electron chi connectivity index (χ3n) is 5.98. The van der Waals surface area contributed by atoms with E-state index in [9.17, 15) is 14.7 Å². The van der Waals surface area contributed by atoms with E-state index in [1.54, 1.807) is 24.7 Å². The van der Waals surface area contributed by atoms with E-state index in [-0.39, 0.29) is 18.6 Å². The molecule has 1 unspecified atom stereocenters. The van der Waals surface area contributed by atoms with Gasteiger partial charge < -0.3 is 14.4 Å². The number of hydrogen-bond donors (Lipinski definition) is 1. The summed E-state index contributed by atoms with van der Waals surface area (Å²) in [4.78, 5) is 30.8. The largest absolute Gasteiger partial charge is 0.479 e. The van der Waals surface area contributed by atoms with Gasteiger partial charge in [-0.15, -0.1) is 0 Å². The minimum atomic E-state index is -1.19. The Bertz CT molecular complexity index is 1090. The van der Waals surface area contributed by atoms with Gasteiger partial charge in [-0.05, 0) is 43.0 Å². The summed E-state index contributed by atoms with van der Waals surface area (Å²) in [5.74, 6) is -1.22. The van der Waals surface area contributed by atoms with Crippen LogP contribution in [0, 0.1) is 0 Å². The van der Waals surface area contributed by atoms with Crippen molar-refractivity contribution in [3.63, 3.8) is 0 Å². The third kappa shape index (κ3) is 3.75. The molecule has 4 rings (SSSR count). The molecule has 0 aliphatic heterocycles. The van der Waals surface area contributed by atoms with Gasteiger partial charge in [0.1, 0.15) is 6.61 Å². The molecule has 1 aromatic heterocycles. The van der Waals surface area contributed by atoms with E-state index in [1.807, 2.05) is 43.3 Å². The van der Waals surface area contributed by atoms with Gasteiger partial charge in [-0.3, -0.25) is 4.90 Å². The van der Waals surface area contributed by atoms with Gasteiger partial charge in [0.05, 0.1) is 18.2 Å². The molecule has 0 saturated heterocycles. The molecule has 1 aliphatic carbocycles. The maximum atomic E-state index is 13.2. The second kappa shape index (κ2) is 8.86. The van der Waals surface area contributed by atoms with Gasteiger partial charge in [-0.1, -0.05) is 48.5 Å². The standard InChI is InChI=1S/C25H27N3O4/c1-4-27-15-26-13-22(27)23(24(29)30)28(16(2)3)25(31)32-14-21-19-11-7-5-9-17(19)18-10-6-8-12-20(18)21/h5-13,15-16,21,23H,4,14H2,1-3H3,(H,29,30). The van der Waals surface area contributed by atoms with Gasteiger partial charge >= 0.3 is 12.1 Å². The number of aryl methyl sites for hydroxylation is 1. The highest BCUT2D eigenvalue weighted by Crippen LogP contribution is 2.44. The number of aromatic nitrogens is 2. The predicted octanol–water partition coefficient (Wildman–Crippen LogP) is 4.69. The quantitative estimate of drug-likeness (QED) is 0.584. The first-order valence-electron chi connectivity index (χ1n) is 10.8. The summed E-state index contributed by atoms with van der Waals surface area (Å²) in [5, 5.41) is 9.98. The zero-order valence-electron chi connectivity index (χ0n) is 18.4. The van der Waals surface area contributed by atoms with Crippen molar-refractivity contribution < 1.29 is 19.4 Å². The van der Waals surface area contributed by atoms with Crippen molar-refractivity contribution in [1.82, 2.24) is 14.5 Å². The number of carboxylic acids is 1. The Morgan fingerprint density at radius 2 is 1.69 bits per heavy atom. The minimum Gasteiger partial charge on any atom is -0.479 e. The maximum absolute atomic E-state index is 13.2. The molecule has 1 amide bonds. The van der Waals surface area contributed by atoms with Crippen molar-refractivity contribution in [2.45, 2.75) is 45.3 Å². The summed E-state index contributed by atoms with van der Waals surface area (Å²) in [5.41, 5.74) is 4.94. The zero-order valence-corrected chi connectivity index (χ0v) is 18.4. The number of carbonyl (C=O) groups excluding carboxylic acids is 1. The fraction of sp³-hybridized carbons (Fsp3) is 0.320. The van der Waals surface area contributed by atoms with E-state index >= 15 is 0 Å². The molecule has 7 nitrogen and oxygen atoms in total. The van der Waals surface area contributed by atoms with Gasteiger partial charge in [0, 0.05) is 18.5 Å². The van der Waals surface area contributed by atoms with Crippen LogP contribution in [0.3, 0.4) is 0 Å². The molecular weight excluding hydrogens is 406 g/mol. The highest BCUT2D eigenvalue weighted by molar-refractivity contribution is 5.82. The Labute approximate surface area is 187 Å². The molecule has 0 radical (unpaired) electrons. The van der Waals surface area contributed by atoms with Crippen LogP contribution >= 0.6 is 0 Å². The second-order valence-corrected chi connectivity index (χ2v) is 8.15. The van der Waals surface area contributed by atoms with Crippen molar-refractivity contribution in [3.05, 3.63) is 77.9 Å². The number of rotatable bonds is 7. The Morgan fingerprint density at radius 1 is 1.09 bits per heavy atom. The lowest BCUT2D eigenvalue weighted by Crippen LogP contribution is -2.44. The second-order valence-electron chi connectivity index (χ2n) is 8.15. The smallest absolute Gasteiger partial charge is 0.411 e. The summed E-state index contributed by atoms with van der Waals surface area (Å²) >= 11 is 0. The van der Waals surface area contributed by atoms with Crippen molar-refractivity contribution in [1.29, 1.82) is 0 Å². The molecular formula is C25H27N3O4. The zero-order chi connectivity index (χ0) is 22.8. The number of nitrogens with zero attached hydrogens (tertiary/aromatic N) is 3. The van der Waals surface area contributed by atoms with Crippen LogP contribution in [0.4, 0.5) is 4.79 Å². The fourth-order valence-electron chi connectivity index (χ4n) is 4.49. The average molecular weight is 434 g/mol. The number of amides is 1. The van der Waals surface area contributed by atoms with Gasteiger partial charge in [0.2, 0.25) is 0 Å². The molecule has 0 saturated carbocycles. The number of imidazole rings is 1. The Kier molecular flexibility index (Phi) is 5.99. The van der Waals surface area contributed by atoms with E-state index in [4.69, 9.17) is 4.74 Å². The van der Waals surface area contributed by atoms with Gasteiger partial charge in [-0.2, -0.15) is 0 Å². The van der Waals surface area contributed by atoms with Crippen LogP contribution in [0.1, 0.15) is 49.6 Å². The monoisotopic (exact) mass is 433 g/mol. The first kappa shape index (κ1) is 21.6. The van der Waals surface area contributed by atoms with E-state index in [0.29, 0.717) is 12.2 Å². The van der Waals surface area contributed by atoms with E-state index in [2.05, 4.69) is 17.1 Å². The Hall–Kier alpha value is -3.61. The van der Waals surface area contributed by atoms with Crippen LogP contribution in [0.15, 0.2) is 61.1 Å². The lowest BCUT2D eigenvalue weighted by Gasteiger charge is -2.32. The van der Waals surface area contributed by atoms with Crippen molar-refractivity contribution in [2.24, 2.45) is 0 Å². The van der Waals surface area contributed by atoms with Crippen LogP contribution in [-0.2, 0) is 16.1 Å².